The molecule has 9 heteroatoms. The molecule has 1 aromatic rings. The Morgan fingerprint density at radius 3 is 2.86 bits per heavy atom. The van der Waals surface area contributed by atoms with Crippen molar-refractivity contribution in [3.05, 3.63) is 29.0 Å². The van der Waals surface area contributed by atoms with E-state index in [1.807, 2.05) is 0 Å². The van der Waals surface area contributed by atoms with Crippen molar-refractivity contribution in [3.63, 3.8) is 0 Å². The fourth-order valence-corrected chi connectivity index (χ4v) is 3.79. The summed E-state index contributed by atoms with van der Waals surface area (Å²) in [6.07, 6.45) is 0. The summed E-state index contributed by atoms with van der Waals surface area (Å²) in [6.45, 7) is 0.0551. The van der Waals surface area contributed by atoms with Crippen LogP contribution >= 0.6 is 11.6 Å². The molecule has 0 aliphatic carbocycles. The summed E-state index contributed by atoms with van der Waals surface area (Å²) in [4.78, 5) is 11.5. The fraction of sp³-hybridized carbons (Fsp3) is 0.417. The molecule has 1 fully saturated rings. The van der Waals surface area contributed by atoms with Gasteiger partial charge in [0.1, 0.15) is 11.9 Å². The molecule has 1 unspecified atom stereocenters. The summed E-state index contributed by atoms with van der Waals surface area (Å²) in [5.74, 6) is -1.44. The van der Waals surface area contributed by atoms with Crippen LogP contribution < -0.4 is 0 Å². The topological polar surface area (TPSA) is 72.9 Å². The molecule has 116 valence electrons. The lowest BCUT2D eigenvalue weighted by molar-refractivity contribution is -0.149. The highest BCUT2D eigenvalue weighted by Crippen LogP contribution is 2.25. The van der Waals surface area contributed by atoms with E-state index < -0.39 is 27.9 Å². The molecule has 0 bridgehead atoms. The van der Waals surface area contributed by atoms with Crippen LogP contribution in [0.1, 0.15) is 0 Å². The van der Waals surface area contributed by atoms with Gasteiger partial charge in [0, 0.05) is 6.54 Å². The number of hydrogen-bond acceptors (Lipinski definition) is 5. The molecule has 1 aliphatic rings. The molecule has 0 spiro atoms. The van der Waals surface area contributed by atoms with Crippen molar-refractivity contribution in [2.45, 2.75) is 10.9 Å². The van der Waals surface area contributed by atoms with Gasteiger partial charge in [-0.2, -0.15) is 4.31 Å². The van der Waals surface area contributed by atoms with Crippen molar-refractivity contribution in [1.29, 1.82) is 0 Å². The lowest BCUT2D eigenvalue weighted by atomic mass is 10.3. The van der Waals surface area contributed by atoms with Crippen molar-refractivity contribution >= 4 is 27.6 Å². The molecule has 0 radical (unpaired) electrons. The second kappa shape index (κ2) is 6.27. The van der Waals surface area contributed by atoms with Crippen LogP contribution in [0, 0.1) is 5.82 Å². The highest BCUT2D eigenvalue weighted by Gasteiger charge is 2.39. The number of halogens is 2. The number of methoxy groups -OCH3 is 1. The number of nitrogens with zero attached hydrogens (tertiary/aromatic N) is 1. The van der Waals surface area contributed by atoms with Gasteiger partial charge >= 0.3 is 5.97 Å². The Balaban J connectivity index is 2.40. The molecule has 0 amide bonds. The Kier molecular flexibility index (Phi) is 4.82. The molecular weight excluding hydrogens is 325 g/mol. The highest BCUT2D eigenvalue weighted by atomic mass is 35.5. The second-order valence-electron chi connectivity index (χ2n) is 4.31. The summed E-state index contributed by atoms with van der Waals surface area (Å²) in [5, 5.41) is -0.307. The summed E-state index contributed by atoms with van der Waals surface area (Å²) < 4.78 is 49.0. The van der Waals surface area contributed by atoms with Crippen LogP contribution in [0.15, 0.2) is 23.1 Å². The van der Waals surface area contributed by atoms with Crippen molar-refractivity contribution in [1.82, 2.24) is 4.31 Å². The number of ether oxygens (including phenoxy) is 2. The van der Waals surface area contributed by atoms with Crippen molar-refractivity contribution in [3.8, 4) is 0 Å². The first-order valence-electron chi connectivity index (χ1n) is 6.00. The predicted octanol–water partition coefficient (Wildman–Crippen LogP) is 1.04. The van der Waals surface area contributed by atoms with E-state index >= 15 is 0 Å². The maximum Gasteiger partial charge on any atom is 0.326 e. The summed E-state index contributed by atoms with van der Waals surface area (Å²) in [7, 11) is -2.84. The number of esters is 1. The summed E-state index contributed by atoms with van der Waals surface area (Å²) in [5.41, 5.74) is 0. The largest absolute Gasteiger partial charge is 0.468 e. The highest BCUT2D eigenvalue weighted by molar-refractivity contribution is 7.89. The van der Waals surface area contributed by atoms with Gasteiger partial charge in [-0.1, -0.05) is 11.6 Å². The van der Waals surface area contributed by atoms with Gasteiger partial charge < -0.3 is 9.47 Å². The van der Waals surface area contributed by atoms with Crippen LogP contribution in [0.3, 0.4) is 0 Å². The smallest absolute Gasteiger partial charge is 0.326 e. The molecule has 0 saturated carbocycles. The quantitative estimate of drug-likeness (QED) is 0.771. The van der Waals surface area contributed by atoms with E-state index in [-0.39, 0.29) is 29.7 Å². The summed E-state index contributed by atoms with van der Waals surface area (Å²) in [6, 6.07) is 2.00. The van der Waals surface area contributed by atoms with Crippen LogP contribution in [0.4, 0.5) is 4.39 Å². The van der Waals surface area contributed by atoms with E-state index in [2.05, 4.69) is 4.74 Å². The van der Waals surface area contributed by atoms with Crippen molar-refractivity contribution in [2.75, 3.05) is 26.9 Å². The molecule has 1 atom stereocenters. The zero-order valence-electron chi connectivity index (χ0n) is 11.1. The Morgan fingerprint density at radius 1 is 1.52 bits per heavy atom. The van der Waals surface area contributed by atoms with Crippen LogP contribution in [-0.2, 0) is 24.3 Å². The van der Waals surface area contributed by atoms with Gasteiger partial charge in [0.25, 0.3) is 0 Å². The molecule has 1 aliphatic heterocycles. The SMILES string of the molecule is COC(=O)C1COCCN1S(=O)(=O)c1ccc(F)c(Cl)c1. The molecule has 0 N–H and O–H groups in total. The lowest BCUT2D eigenvalue weighted by Gasteiger charge is -2.32. The molecule has 1 aromatic carbocycles. The Labute approximate surface area is 126 Å². The fourth-order valence-electron chi connectivity index (χ4n) is 1.97. The van der Waals surface area contributed by atoms with E-state index in [9.17, 15) is 17.6 Å². The molecule has 6 nitrogen and oxygen atoms in total. The maximum atomic E-state index is 13.2. The Bertz CT molecular complexity index is 651. The minimum absolute atomic E-state index is 0.00288. The zero-order valence-corrected chi connectivity index (χ0v) is 12.7. The molecular formula is C12H13ClFNO5S. The van der Waals surface area contributed by atoms with E-state index in [1.165, 1.54) is 0 Å². The Morgan fingerprint density at radius 2 is 2.24 bits per heavy atom. The van der Waals surface area contributed by atoms with Crippen molar-refractivity contribution in [2.24, 2.45) is 0 Å². The molecule has 1 saturated heterocycles. The van der Waals surface area contributed by atoms with Crippen LogP contribution in [-0.4, -0.2) is 51.6 Å². The minimum Gasteiger partial charge on any atom is -0.468 e. The number of carbonyl (C=O) groups is 1. The molecule has 21 heavy (non-hydrogen) atoms. The van der Waals surface area contributed by atoms with E-state index in [1.54, 1.807) is 0 Å². The lowest BCUT2D eigenvalue weighted by Crippen LogP contribution is -2.52. The third-order valence-electron chi connectivity index (χ3n) is 3.05. The number of benzene rings is 1. The molecule has 1 heterocycles. The third-order valence-corrected chi connectivity index (χ3v) is 5.24. The second-order valence-corrected chi connectivity index (χ2v) is 6.60. The van der Waals surface area contributed by atoms with Gasteiger partial charge in [0.2, 0.25) is 10.0 Å². The first kappa shape index (κ1) is 16.2. The third kappa shape index (κ3) is 3.18. The predicted molar refractivity (Wildman–Crippen MR) is 71.9 cm³/mol. The van der Waals surface area contributed by atoms with E-state index in [0.717, 1.165) is 29.6 Å². The van der Waals surface area contributed by atoms with Gasteiger partial charge in [-0.15, -0.1) is 0 Å². The molecule has 0 aromatic heterocycles. The van der Waals surface area contributed by atoms with Crippen molar-refractivity contribution < 1.29 is 27.1 Å². The summed E-state index contributed by atoms with van der Waals surface area (Å²) >= 11 is 5.61. The zero-order chi connectivity index (χ0) is 15.6. The van der Waals surface area contributed by atoms with Gasteiger partial charge in [-0.25, -0.2) is 12.8 Å². The minimum atomic E-state index is -4.00. The average Bonchev–Trinajstić information content (AvgIpc) is 2.49. The van der Waals surface area contributed by atoms with Gasteiger partial charge in [-0.3, -0.25) is 4.79 Å². The monoisotopic (exact) mass is 337 g/mol. The van der Waals surface area contributed by atoms with E-state index in [0.29, 0.717) is 0 Å². The number of sulfonamides is 1. The van der Waals surface area contributed by atoms with Crippen LogP contribution in [0.25, 0.3) is 0 Å². The van der Waals surface area contributed by atoms with Gasteiger partial charge in [0.15, 0.2) is 0 Å². The number of rotatable bonds is 3. The standard InChI is InChI=1S/C12H13ClFNO5S/c1-19-12(16)11-7-20-5-4-15(11)21(17,18)8-2-3-10(14)9(13)6-8/h2-3,6,11H,4-5,7H2,1H3. The van der Waals surface area contributed by atoms with Gasteiger partial charge in [-0.05, 0) is 18.2 Å². The van der Waals surface area contributed by atoms with E-state index in [4.69, 9.17) is 16.3 Å². The van der Waals surface area contributed by atoms with Gasteiger partial charge in [0.05, 0.1) is 30.2 Å². The Hall–Kier alpha value is -1.22. The normalized spacial score (nSPS) is 20.2. The van der Waals surface area contributed by atoms with Crippen LogP contribution in [0.5, 0.6) is 0 Å². The maximum absolute atomic E-state index is 13.2. The number of carbonyl (C=O) groups excluding carboxylic acids is 1. The first-order chi connectivity index (χ1) is 9.87. The first-order valence-corrected chi connectivity index (χ1v) is 7.82. The average molecular weight is 338 g/mol. The number of morpholine rings is 1. The number of hydrogen-bond donors (Lipinski definition) is 0. The van der Waals surface area contributed by atoms with Crippen LogP contribution in [0.2, 0.25) is 5.02 Å². The molecule has 2 rings (SSSR count).